The molecule has 2 aromatic rings. The van der Waals surface area contributed by atoms with Gasteiger partial charge in [-0.1, -0.05) is 30.5 Å². The lowest BCUT2D eigenvalue weighted by Crippen LogP contribution is -2.40. The number of allylic oxidation sites excluding steroid dienone is 1. The van der Waals surface area contributed by atoms with Crippen LogP contribution >= 0.6 is 17.1 Å². The van der Waals surface area contributed by atoms with Crippen molar-refractivity contribution in [3.63, 3.8) is 0 Å². The van der Waals surface area contributed by atoms with Crippen molar-refractivity contribution in [1.82, 2.24) is 19.5 Å². The summed E-state index contributed by atoms with van der Waals surface area (Å²) in [6, 6.07) is 0. The molecule has 2 N–H and O–H groups in total. The number of fused-ring (bicyclic) bond motifs is 4. The van der Waals surface area contributed by atoms with Gasteiger partial charge >= 0.3 is 0 Å². The molecular formula is C23H31FN5O5PS2. The van der Waals surface area contributed by atoms with Crippen molar-refractivity contribution >= 4 is 46.0 Å². The molecule has 3 aliphatic heterocycles. The number of ether oxygens (including phenoxy) is 2. The van der Waals surface area contributed by atoms with Gasteiger partial charge in [0.25, 0.3) is 5.56 Å². The SMILES string of the molecule is [2H]N(CF)c1nc2c(ncn2[C@@H]2O[C@@]3(CC)CO[C@H]2C3O[P@@]2(=S)O[C@@H]3C[C@@H](C(=C)C)CC[C@@]3(C)S2)c(=O)[nH]1. The molecule has 3 saturated heterocycles. The molecule has 1 saturated carbocycles. The number of aromatic amines is 1. The summed E-state index contributed by atoms with van der Waals surface area (Å²) in [4.78, 5) is 23.4. The molecule has 1 unspecified atom stereocenters. The molecule has 2 aromatic heterocycles. The Labute approximate surface area is 224 Å². The zero-order valence-electron chi connectivity index (χ0n) is 21.9. The smallest absolute Gasteiger partial charge is 0.280 e. The number of rotatable bonds is 7. The Balaban J connectivity index is 1.30. The molecule has 14 heteroatoms. The zero-order chi connectivity index (χ0) is 27.0. The standard InChI is InChI=1S/C23H31FN5O5PS2/c1-5-23-9-31-16(20(32-23)29-11-26-15-18(29)27-21(25-10-24)28-19(15)30)17(23)34-35(36)33-14-8-13(12(2)3)6-7-22(14,4)37-35/h11,13-14,16-17,20H,2,5-10H2,1,3-4H3,(H2,25,27,28,30)/t13-,14+,16-,17?,20+,22+,23-,35+/m0/s1/i/hD. The second-order valence-electron chi connectivity index (χ2n) is 10.5. The van der Waals surface area contributed by atoms with E-state index in [1.807, 2.05) is 6.92 Å². The average molecular weight is 573 g/mol. The van der Waals surface area contributed by atoms with Crippen molar-refractivity contribution in [2.24, 2.45) is 5.92 Å². The fourth-order valence-electron chi connectivity index (χ4n) is 5.91. The predicted molar refractivity (Wildman–Crippen MR) is 143 cm³/mol. The Morgan fingerprint density at radius 3 is 3.14 bits per heavy atom. The van der Waals surface area contributed by atoms with Crippen LogP contribution in [-0.2, 0) is 30.3 Å². The Hall–Kier alpha value is -1.34. The molecular weight excluding hydrogens is 540 g/mol. The summed E-state index contributed by atoms with van der Waals surface area (Å²) < 4.78 is 48.3. The molecule has 5 heterocycles. The minimum atomic E-state index is -2.73. The van der Waals surface area contributed by atoms with Crippen LogP contribution in [0.4, 0.5) is 10.3 Å². The summed E-state index contributed by atoms with van der Waals surface area (Å²) in [5.41, 5.74) is -2.67. The largest absolute Gasteiger partial charge is 0.368 e. The van der Waals surface area contributed by atoms with Crippen molar-refractivity contribution in [3.05, 3.63) is 28.8 Å². The van der Waals surface area contributed by atoms with Gasteiger partial charge in [-0.05, 0) is 57.3 Å². The van der Waals surface area contributed by atoms with Gasteiger partial charge in [0.05, 0.1) is 19.0 Å². The molecule has 0 aromatic carbocycles. The lowest BCUT2D eigenvalue weighted by Gasteiger charge is -2.37. The fraction of sp³-hybridized carbons (Fsp3) is 0.696. The van der Waals surface area contributed by atoms with Gasteiger partial charge in [0.1, 0.15) is 17.8 Å². The molecule has 202 valence electrons. The van der Waals surface area contributed by atoms with Crippen LogP contribution in [0, 0.1) is 5.92 Å². The van der Waals surface area contributed by atoms with Crippen LogP contribution in [0.5, 0.6) is 0 Å². The van der Waals surface area contributed by atoms with Crippen molar-refractivity contribution < 1.29 is 24.3 Å². The average Bonchev–Trinajstić information content (AvgIpc) is 3.60. The molecule has 8 atom stereocenters. The highest BCUT2D eigenvalue weighted by Crippen LogP contribution is 2.77. The monoisotopic (exact) mass is 572 g/mol. The summed E-state index contributed by atoms with van der Waals surface area (Å²) >= 11 is 7.73. The number of anilines is 1. The third-order valence-corrected chi connectivity index (χ3v) is 13.9. The summed E-state index contributed by atoms with van der Waals surface area (Å²) in [5, 5.41) is 0.453. The fourth-order valence-corrected chi connectivity index (χ4v) is 13.4. The predicted octanol–water partition coefficient (Wildman–Crippen LogP) is 4.41. The lowest BCUT2D eigenvalue weighted by molar-refractivity contribution is -0.172. The molecule has 4 aliphatic rings. The Bertz CT molecular complexity index is 1400. The molecule has 6 rings (SSSR count). The van der Waals surface area contributed by atoms with Gasteiger partial charge in [-0.2, -0.15) is 4.98 Å². The number of nitrogens with one attached hydrogen (secondary N) is 2. The number of hydrogen-bond acceptors (Lipinski definition) is 10. The normalized spacial score (nSPS) is 41.2. The highest BCUT2D eigenvalue weighted by molar-refractivity contribution is 8.68. The summed E-state index contributed by atoms with van der Waals surface area (Å²) in [7, 11) is 0. The van der Waals surface area contributed by atoms with Gasteiger partial charge in [-0.15, -0.1) is 0 Å². The number of hydrogen-bond donors (Lipinski definition) is 2. The van der Waals surface area contributed by atoms with E-state index < -0.39 is 42.1 Å². The number of imidazole rings is 1. The van der Waals surface area contributed by atoms with Crippen molar-refractivity contribution in [3.8, 4) is 0 Å². The second kappa shape index (κ2) is 9.11. The highest BCUT2D eigenvalue weighted by atomic mass is 32.9. The van der Waals surface area contributed by atoms with Gasteiger partial charge in [0.15, 0.2) is 25.6 Å². The van der Waals surface area contributed by atoms with Crippen LogP contribution in [0.2, 0.25) is 1.41 Å². The molecule has 0 amide bonds. The van der Waals surface area contributed by atoms with Gasteiger partial charge in [-0.3, -0.25) is 14.3 Å². The van der Waals surface area contributed by atoms with Crippen LogP contribution in [-0.4, -0.2) is 61.6 Å². The topological polar surface area (TPSA) is 113 Å². The maximum absolute atomic E-state index is 13.1. The van der Waals surface area contributed by atoms with E-state index in [0.717, 1.165) is 19.3 Å². The first-order chi connectivity index (χ1) is 18.0. The molecule has 10 nitrogen and oxygen atoms in total. The van der Waals surface area contributed by atoms with E-state index in [0.29, 0.717) is 24.3 Å². The van der Waals surface area contributed by atoms with Gasteiger partial charge in [-0.25, -0.2) is 9.37 Å². The number of nitrogens with zero attached hydrogens (tertiary/aromatic N) is 3. The number of halogens is 1. The van der Waals surface area contributed by atoms with E-state index in [1.165, 1.54) is 11.9 Å². The number of alkyl halides is 1. The van der Waals surface area contributed by atoms with Gasteiger partial charge < -0.3 is 23.8 Å². The Morgan fingerprint density at radius 1 is 1.59 bits per heavy atom. The third-order valence-electron chi connectivity index (χ3n) is 8.16. The van der Waals surface area contributed by atoms with Crippen LogP contribution in [0.1, 0.15) is 52.7 Å². The number of aromatic nitrogens is 4. The van der Waals surface area contributed by atoms with E-state index in [1.54, 1.807) is 15.9 Å². The van der Waals surface area contributed by atoms with Crippen molar-refractivity contribution in [2.45, 2.75) is 81.3 Å². The molecule has 4 fully saturated rings. The Kier molecular flexibility index (Phi) is 6.08. The van der Waals surface area contributed by atoms with Crippen LogP contribution in [0.15, 0.2) is 23.3 Å². The van der Waals surface area contributed by atoms with Gasteiger partial charge in [0.2, 0.25) is 11.6 Å². The first kappa shape index (κ1) is 24.7. The van der Waals surface area contributed by atoms with E-state index >= 15 is 0 Å². The van der Waals surface area contributed by atoms with Crippen LogP contribution < -0.4 is 10.9 Å². The maximum Gasteiger partial charge on any atom is 0.280 e. The molecule has 0 spiro atoms. The first-order valence-electron chi connectivity index (χ1n) is 12.9. The van der Waals surface area contributed by atoms with E-state index in [2.05, 4.69) is 35.4 Å². The van der Waals surface area contributed by atoms with E-state index in [9.17, 15) is 9.18 Å². The van der Waals surface area contributed by atoms with E-state index in [4.69, 9.17) is 31.7 Å². The van der Waals surface area contributed by atoms with Crippen molar-refractivity contribution in [1.29, 1.82) is 0 Å². The zero-order valence-corrected chi connectivity index (χ0v) is 23.4. The molecule has 37 heavy (non-hydrogen) atoms. The van der Waals surface area contributed by atoms with Crippen molar-refractivity contribution in [2.75, 3.05) is 18.7 Å². The molecule has 2 bridgehead atoms. The summed E-state index contributed by atoms with van der Waals surface area (Å²) in [6.07, 6.45) is 3.25. The summed E-state index contributed by atoms with van der Waals surface area (Å²) in [6.45, 7) is 9.64. The van der Waals surface area contributed by atoms with Crippen LogP contribution in [0.3, 0.4) is 0 Å². The van der Waals surface area contributed by atoms with Gasteiger partial charge in [0, 0.05) is 4.75 Å². The third kappa shape index (κ3) is 4.13. The maximum atomic E-state index is 13.1. The molecule has 1 aliphatic carbocycles. The highest BCUT2D eigenvalue weighted by Gasteiger charge is 2.65. The van der Waals surface area contributed by atoms with Crippen LogP contribution in [0.25, 0.3) is 11.2 Å². The summed E-state index contributed by atoms with van der Waals surface area (Å²) in [5.74, 6) is 0.187. The molecule has 0 radical (unpaired) electrons. The Morgan fingerprint density at radius 2 is 2.41 bits per heavy atom. The minimum Gasteiger partial charge on any atom is -0.368 e. The first-order valence-corrected chi connectivity index (χ1v) is 16.5. The number of H-pyrrole nitrogens is 1. The second-order valence-corrected chi connectivity index (χ2v) is 17.0. The lowest BCUT2D eigenvalue weighted by atomic mass is 9.77. The van der Waals surface area contributed by atoms with E-state index in [-0.39, 0.29) is 28.0 Å². The quantitative estimate of drug-likeness (QED) is 0.281. The minimum absolute atomic E-state index is 0.00156.